The molecule has 2 aromatic heterocycles. The number of aromatic nitrogens is 3. The summed E-state index contributed by atoms with van der Waals surface area (Å²) in [6.07, 6.45) is 8.17. The van der Waals surface area contributed by atoms with Gasteiger partial charge in [0.25, 0.3) is 12.6 Å². The lowest BCUT2D eigenvalue weighted by Gasteiger charge is -2.29. The zero-order valence-corrected chi connectivity index (χ0v) is 24.5. The van der Waals surface area contributed by atoms with Crippen LogP contribution in [0.1, 0.15) is 30.2 Å². The van der Waals surface area contributed by atoms with Crippen molar-refractivity contribution in [2.24, 2.45) is 4.36 Å². The summed E-state index contributed by atoms with van der Waals surface area (Å²) >= 11 is 6.66. The Morgan fingerprint density at radius 1 is 1.29 bits per heavy atom. The van der Waals surface area contributed by atoms with Crippen LogP contribution in [0.3, 0.4) is 0 Å². The Morgan fingerprint density at radius 3 is 2.76 bits per heavy atom. The lowest BCUT2D eigenvalue weighted by molar-refractivity contribution is -0.0417. The van der Waals surface area contributed by atoms with Crippen molar-refractivity contribution in [3.63, 3.8) is 0 Å². The van der Waals surface area contributed by atoms with Crippen LogP contribution in [0.4, 0.5) is 0 Å². The van der Waals surface area contributed by atoms with E-state index in [2.05, 4.69) is 50.4 Å². The van der Waals surface area contributed by atoms with Gasteiger partial charge in [-0.15, -0.1) is 0 Å². The number of halogens is 1. The number of aliphatic hydroxyl groups is 1. The first kappa shape index (κ1) is 27.9. The summed E-state index contributed by atoms with van der Waals surface area (Å²) in [4.78, 5) is 16.1. The van der Waals surface area contributed by atoms with Gasteiger partial charge in [0.2, 0.25) is 6.10 Å². The standard InChI is InChI=1S/C29H31ClN5O5S/c1-28(19-7-5-17(6-8-19)14-32-41(3,4)37)11-9-18(10-12-28)24-20(30)13-21-26(34-24)35-27(33-21)40-22-15-39-29(31-2)23(36)16-38-25(22)29/h2,5-11,13,22-23,25,36H,12,14-16H2,1,3-4H3,(H,33,34,35)/q+1/t22-,23-,25-,28?,29-/m1/s1. The summed E-state index contributed by atoms with van der Waals surface area (Å²) in [5.74, 6) is 0. The Labute approximate surface area is 243 Å². The van der Waals surface area contributed by atoms with Crippen LogP contribution in [0.5, 0.6) is 6.01 Å². The topological polar surface area (TPSA) is 123 Å². The van der Waals surface area contributed by atoms with Crippen molar-refractivity contribution in [1.82, 2.24) is 15.0 Å². The molecule has 2 saturated heterocycles. The van der Waals surface area contributed by atoms with E-state index in [0.717, 1.165) is 17.6 Å². The number of pyridine rings is 1. The van der Waals surface area contributed by atoms with Crippen LogP contribution in [0.2, 0.25) is 5.02 Å². The second-order valence-electron chi connectivity index (χ2n) is 11.1. The van der Waals surface area contributed by atoms with Crippen LogP contribution < -0.4 is 4.74 Å². The van der Waals surface area contributed by atoms with Crippen molar-refractivity contribution in [3.05, 3.63) is 75.2 Å². The van der Waals surface area contributed by atoms with Crippen LogP contribution in [-0.2, 0) is 31.2 Å². The van der Waals surface area contributed by atoms with Crippen LogP contribution in [0, 0.1) is 6.57 Å². The van der Waals surface area contributed by atoms with E-state index in [-0.39, 0.29) is 24.6 Å². The first-order chi connectivity index (χ1) is 19.5. The van der Waals surface area contributed by atoms with Crippen LogP contribution >= 0.6 is 11.6 Å². The minimum Gasteiger partial charge on any atom is -0.456 e. The molecule has 12 heteroatoms. The largest absolute Gasteiger partial charge is 0.456 e. The highest BCUT2D eigenvalue weighted by atomic mass is 35.5. The van der Waals surface area contributed by atoms with Crippen LogP contribution in [-0.4, -0.2) is 74.0 Å². The lowest BCUT2D eigenvalue weighted by atomic mass is 9.75. The molecule has 2 fully saturated rings. The molecule has 1 aromatic carbocycles. The van der Waals surface area contributed by atoms with Gasteiger partial charge in [0, 0.05) is 27.7 Å². The average Bonchev–Trinajstić information content (AvgIpc) is 3.60. The maximum atomic E-state index is 11.9. The van der Waals surface area contributed by atoms with Gasteiger partial charge in [0.05, 0.1) is 36.0 Å². The van der Waals surface area contributed by atoms with E-state index in [0.29, 0.717) is 28.4 Å². The number of ether oxygens (including phenoxy) is 3. The highest BCUT2D eigenvalue weighted by molar-refractivity contribution is 7.92. The molecule has 0 amide bonds. The van der Waals surface area contributed by atoms with E-state index in [9.17, 15) is 9.32 Å². The van der Waals surface area contributed by atoms with E-state index >= 15 is 0 Å². The fraction of sp³-hybridized carbons (Fsp3) is 0.414. The third kappa shape index (κ3) is 5.15. The highest BCUT2D eigenvalue weighted by Gasteiger charge is 2.70. The van der Waals surface area contributed by atoms with Gasteiger partial charge in [-0.3, -0.25) is 8.95 Å². The molecule has 2 N–H and O–H groups in total. The second-order valence-corrected chi connectivity index (χ2v) is 14.2. The Kier molecular flexibility index (Phi) is 6.95. The molecule has 5 atom stereocenters. The highest BCUT2D eigenvalue weighted by Crippen LogP contribution is 2.41. The average molecular weight is 597 g/mol. The number of H-pyrrole nitrogens is 1. The predicted molar refractivity (Wildman–Crippen MR) is 158 cm³/mol. The van der Waals surface area contributed by atoms with Crippen molar-refractivity contribution in [2.45, 2.75) is 49.3 Å². The Balaban J connectivity index is 1.18. The van der Waals surface area contributed by atoms with Crippen molar-refractivity contribution < 1.29 is 23.5 Å². The molecule has 10 nitrogen and oxygen atoms in total. The number of allylic oxidation sites excluding steroid dienone is 4. The molecule has 214 valence electrons. The molecule has 0 bridgehead atoms. The molecule has 3 aliphatic rings. The van der Waals surface area contributed by atoms with E-state index < -0.39 is 33.8 Å². The van der Waals surface area contributed by atoms with Crippen molar-refractivity contribution in [3.8, 4) is 12.6 Å². The first-order valence-corrected chi connectivity index (χ1v) is 15.9. The van der Waals surface area contributed by atoms with Crippen molar-refractivity contribution in [2.75, 3.05) is 25.7 Å². The molecule has 6 rings (SSSR count). The minimum absolute atomic E-state index is 0.0525. The molecular weight excluding hydrogens is 566 g/mol. The molecule has 0 spiro atoms. The molecule has 2 aliphatic heterocycles. The second kappa shape index (κ2) is 10.2. The molecule has 0 radical (unpaired) electrons. The maximum absolute atomic E-state index is 11.9. The molecule has 4 heterocycles. The molecule has 0 saturated carbocycles. The number of nitrogens with zero attached hydrogens (tertiary/aromatic N) is 4. The zero-order chi connectivity index (χ0) is 29.0. The van der Waals surface area contributed by atoms with Gasteiger partial charge >= 0.3 is 5.72 Å². The Bertz CT molecular complexity index is 1730. The summed E-state index contributed by atoms with van der Waals surface area (Å²) in [5, 5.41) is 10.7. The maximum Gasteiger partial charge on any atom is 0.442 e. The number of aliphatic hydroxyl groups excluding tert-OH is 1. The summed E-state index contributed by atoms with van der Waals surface area (Å²) in [6, 6.07) is 10.3. The van der Waals surface area contributed by atoms with Crippen molar-refractivity contribution >= 4 is 38.1 Å². The number of hydrogen-bond acceptors (Lipinski definition) is 8. The summed E-state index contributed by atoms with van der Waals surface area (Å²) < 4.78 is 33.5. The monoisotopic (exact) mass is 596 g/mol. The SMILES string of the molecule is C#[N+][C@]12OC[C@@H](Oc3nc4nc(C5=CCC(C)(c6ccc(CN=S(C)(C)=O)cc6)C=C5)c(Cl)cc4[nH]3)[C@H]1OC[C@H]2O. The summed E-state index contributed by atoms with van der Waals surface area (Å²) in [6.45, 7) is 8.34. The summed E-state index contributed by atoms with van der Waals surface area (Å²) in [5.41, 5.74) is 3.26. The minimum atomic E-state index is -2.13. The number of rotatable bonds is 6. The van der Waals surface area contributed by atoms with Gasteiger partial charge < -0.3 is 19.6 Å². The predicted octanol–water partition coefficient (Wildman–Crippen LogP) is 4.34. The molecule has 1 aliphatic carbocycles. The van der Waals surface area contributed by atoms with Gasteiger partial charge in [0.1, 0.15) is 0 Å². The third-order valence-corrected chi connectivity index (χ3v) is 8.87. The first-order valence-electron chi connectivity index (χ1n) is 13.2. The number of aromatic amines is 1. The van der Waals surface area contributed by atoms with Gasteiger partial charge in [-0.05, 0) is 34.0 Å². The van der Waals surface area contributed by atoms with Gasteiger partial charge in [-0.25, -0.2) is 9.35 Å². The number of fused-ring (bicyclic) bond motifs is 2. The molecule has 1 unspecified atom stereocenters. The van der Waals surface area contributed by atoms with Crippen LogP contribution in [0.15, 0.2) is 52.9 Å². The number of imidazole rings is 1. The molecule has 41 heavy (non-hydrogen) atoms. The quantitative estimate of drug-likeness (QED) is 0.434. The smallest absolute Gasteiger partial charge is 0.442 e. The van der Waals surface area contributed by atoms with Gasteiger partial charge in [-0.1, -0.05) is 61.0 Å². The lowest BCUT2D eigenvalue weighted by Crippen LogP contribution is -2.45. The Morgan fingerprint density at radius 2 is 2.07 bits per heavy atom. The number of hydrogen-bond donors (Lipinski definition) is 2. The molecular formula is C29H31ClN5O5S+. The summed E-state index contributed by atoms with van der Waals surface area (Å²) in [7, 11) is -2.13. The third-order valence-electron chi connectivity index (χ3n) is 7.83. The van der Waals surface area contributed by atoms with Crippen LogP contribution in [0.25, 0.3) is 21.6 Å². The van der Waals surface area contributed by atoms with E-state index in [1.165, 1.54) is 5.56 Å². The normalized spacial score (nSPS) is 29.3. The number of nitrogens with one attached hydrogen (secondary N) is 1. The fourth-order valence-corrected chi connectivity index (χ4v) is 6.13. The number of benzene rings is 1. The zero-order valence-electron chi connectivity index (χ0n) is 22.9. The molecule has 3 aromatic rings. The van der Waals surface area contributed by atoms with E-state index in [1.54, 1.807) is 18.6 Å². The van der Waals surface area contributed by atoms with Gasteiger partial charge in [-0.2, -0.15) is 4.98 Å². The van der Waals surface area contributed by atoms with E-state index in [1.807, 2.05) is 18.2 Å². The van der Waals surface area contributed by atoms with Crippen molar-refractivity contribution in [1.29, 1.82) is 0 Å². The Hall–Kier alpha value is -3.27. The fourth-order valence-electron chi connectivity index (χ4n) is 5.41. The van der Waals surface area contributed by atoms with Gasteiger partial charge in [0.15, 0.2) is 17.9 Å². The van der Waals surface area contributed by atoms with E-state index in [4.69, 9.17) is 37.4 Å².